The van der Waals surface area contributed by atoms with E-state index in [9.17, 15) is 8.78 Å². The van der Waals surface area contributed by atoms with E-state index in [0.29, 0.717) is 5.56 Å². The van der Waals surface area contributed by atoms with Crippen molar-refractivity contribution in [1.29, 1.82) is 0 Å². The highest BCUT2D eigenvalue weighted by Gasteiger charge is 2.29. The number of hydrogen-bond donors (Lipinski definition) is 1. The zero-order valence-electron chi connectivity index (χ0n) is 12.5. The standard InChI is InChI=1S/C12H6F2.C6H13NO/c13-8-3-1-2-7(6-8)11-9-4-5-10(14)12(9)11;1-7-5-3-2-4-6(7)8/h1-6H;6,8H,2-5H2,1H3. The topological polar surface area (TPSA) is 23.5 Å². The zero-order chi connectivity index (χ0) is 15.7. The summed E-state index contributed by atoms with van der Waals surface area (Å²) in [4.78, 5) is 1.99. The van der Waals surface area contributed by atoms with Gasteiger partial charge >= 0.3 is 0 Å². The third-order valence-corrected chi connectivity index (χ3v) is 4.21. The number of halogens is 2. The van der Waals surface area contributed by atoms with Crippen molar-refractivity contribution in [2.24, 2.45) is 0 Å². The molecule has 4 heteroatoms. The molecule has 1 atom stereocenters. The van der Waals surface area contributed by atoms with Crippen LogP contribution in [0.4, 0.5) is 8.78 Å². The molecule has 0 spiro atoms. The Bertz CT molecular complexity index is 677. The number of aliphatic hydroxyl groups excluding tert-OH is 1. The van der Waals surface area contributed by atoms with Crippen LogP contribution < -0.4 is 0 Å². The van der Waals surface area contributed by atoms with Gasteiger partial charge in [-0.05, 0) is 55.6 Å². The Balaban J connectivity index is 0.000000154. The van der Waals surface area contributed by atoms with E-state index in [-0.39, 0.29) is 17.9 Å². The summed E-state index contributed by atoms with van der Waals surface area (Å²) in [6.45, 7) is 1.06. The highest BCUT2D eigenvalue weighted by Crippen LogP contribution is 2.52. The van der Waals surface area contributed by atoms with Crippen molar-refractivity contribution in [3.05, 3.63) is 48.0 Å². The molecule has 1 heterocycles. The summed E-state index contributed by atoms with van der Waals surface area (Å²) in [5, 5.41) is 9.10. The Morgan fingerprint density at radius 3 is 2.45 bits per heavy atom. The van der Waals surface area contributed by atoms with E-state index in [1.165, 1.54) is 31.0 Å². The first-order chi connectivity index (χ1) is 10.6. The molecular weight excluding hydrogens is 284 g/mol. The van der Waals surface area contributed by atoms with Crippen LogP contribution in [0.3, 0.4) is 0 Å². The van der Waals surface area contributed by atoms with Crippen molar-refractivity contribution in [3.8, 4) is 22.3 Å². The van der Waals surface area contributed by atoms with Crippen LogP contribution in [0.1, 0.15) is 19.3 Å². The largest absolute Gasteiger partial charge is 0.378 e. The van der Waals surface area contributed by atoms with E-state index in [4.69, 9.17) is 5.11 Å². The molecule has 0 saturated carbocycles. The molecule has 4 rings (SSSR count). The van der Waals surface area contributed by atoms with Crippen molar-refractivity contribution in [1.82, 2.24) is 4.90 Å². The van der Waals surface area contributed by atoms with E-state index in [2.05, 4.69) is 0 Å². The van der Waals surface area contributed by atoms with Gasteiger partial charge < -0.3 is 5.11 Å². The number of aliphatic hydroxyl groups is 1. The first-order valence-electron chi connectivity index (χ1n) is 7.55. The number of likely N-dealkylation sites (tertiary alicyclic amines) is 1. The quantitative estimate of drug-likeness (QED) is 0.733. The highest BCUT2D eigenvalue weighted by molar-refractivity contribution is 6.08. The van der Waals surface area contributed by atoms with Gasteiger partial charge in [0.1, 0.15) is 17.9 Å². The average molecular weight is 303 g/mol. The smallest absolute Gasteiger partial charge is 0.131 e. The van der Waals surface area contributed by atoms with Gasteiger partial charge in [-0.15, -0.1) is 0 Å². The van der Waals surface area contributed by atoms with E-state index >= 15 is 0 Å². The molecule has 22 heavy (non-hydrogen) atoms. The fraction of sp³-hybridized carbons (Fsp3) is 0.333. The number of piperidine rings is 1. The minimum Gasteiger partial charge on any atom is -0.378 e. The van der Waals surface area contributed by atoms with Crippen LogP contribution in [0.25, 0.3) is 22.3 Å². The summed E-state index contributed by atoms with van der Waals surface area (Å²) >= 11 is 0. The minimum atomic E-state index is -0.287. The molecule has 2 aliphatic carbocycles. The fourth-order valence-electron chi connectivity index (χ4n) is 2.86. The molecule has 1 fully saturated rings. The van der Waals surface area contributed by atoms with E-state index in [0.717, 1.165) is 29.7 Å². The lowest BCUT2D eigenvalue weighted by atomic mass is 10.1. The van der Waals surface area contributed by atoms with Gasteiger partial charge in [0, 0.05) is 17.7 Å². The SMILES string of the molecule is CN1CCCCC1O.Fc1cccc(-c2c3ccc(F)c2-3)c1. The molecule has 1 aliphatic heterocycles. The second kappa shape index (κ2) is 6.15. The third kappa shape index (κ3) is 3.03. The molecule has 1 unspecified atom stereocenters. The lowest BCUT2D eigenvalue weighted by Crippen LogP contribution is -2.35. The van der Waals surface area contributed by atoms with Crippen molar-refractivity contribution < 1.29 is 13.9 Å². The van der Waals surface area contributed by atoms with Gasteiger partial charge in [0.05, 0.1) is 0 Å². The monoisotopic (exact) mass is 303 g/mol. The predicted molar refractivity (Wildman–Crippen MR) is 83.3 cm³/mol. The second-order valence-corrected chi connectivity index (χ2v) is 5.81. The van der Waals surface area contributed by atoms with Crippen molar-refractivity contribution in [2.75, 3.05) is 13.6 Å². The number of rotatable bonds is 1. The Morgan fingerprint density at radius 1 is 1.09 bits per heavy atom. The van der Waals surface area contributed by atoms with Gasteiger partial charge in [0.15, 0.2) is 0 Å². The summed E-state index contributed by atoms with van der Waals surface area (Å²) in [7, 11) is 1.96. The molecule has 1 aromatic carbocycles. The molecule has 2 nitrogen and oxygen atoms in total. The normalized spacial score (nSPS) is 19.4. The number of fused-ring (bicyclic) bond motifs is 1. The maximum absolute atomic E-state index is 13.1. The minimum absolute atomic E-state index is 0.163. The van der Waals surface area contributed by atoms with Gasteiger partial charge in [-0.2, -0.15) is 0 Å². The first-order valence-corrected chi connectivity index (χ1v) is 7.55. The molecule has 0 bridgehead atoms. The Hall–Kier alpha value is -1.78. The van der Waals surface area contributed by atoms with Crippen LogP contribution in [-0.2, 0) is 0 Å². The summed E-state index contributed by atoms with van der Waals surface area (Å²) in [6, 6.07) is 9.40. The van der Waals surface area contributed by atoms with Crippen LogP contribution in [-0.4, -0.2) is 29.8 Å². The lowest BCUT2D eigenvalue weighted by molar-refractivity contribution is -0.00578. The van der Waals surface area contributed by atoms with Crippen LogP contribution in [0.15, 0.2) is 36.4 Å². The lowest BCUT2D eigenvalue weighted by Gasteiger charge is -2.27. The Kier molecular flexibility index (Phi) is 4.23. The number of nitrogens with zero attached hydrogens (tertiary/aromatic N) is 1. The van der Waals surface area contributed by atoms with Gasteiger partial charge in [0.2, 0.25) is 0 Å². The molecular formula is C18H19F2NO. The van der Waals surface area contributed by atoms with Crippen molar-refractivity contribution in [3.63, 3.8) is 0 Å². The summed E-state index contributed by atoms with van der Waals surface area (Å²) in [5.74, 6) is -0.496. The zero-order valence-corrected chi connectivity index (χ0v) is 12.5. The molecule has 0 aromatic heterocycles. The Morgan fingerprint density at radius 2 is 1.91 bits per heavy atom. The van der Waals surface area contributed by atoms with Crippen molar-refractivity contribution in [2.45, 2.75) is 25.5 Å². The third-order valence-electron chi connectivity index (χ3n) is 4.21. The van der Waals surface area contributed by atoms with Crippen LogP contribution in [0.2, 0.25) is 0 Å². The van der Waals surface area contributed by atoms with Gasteiger partial charge in [-0.3, -0.25) is 4.90 Å². The molecule has 1 aromatic rings. The number of hydrogen-bond acceptors (Lipinski definition) is 2. The molecule has 1 saturated heterocycles. The maximum Gasteiger partial charge on any atom is 0.131 e. The predicted octanol–water partition coefficient (Wildman–Crippen LogP) is 4.03. The molecule has 1 N–H and O–H groups in total. The Labute approximate surface area is 129 Å². The maximum atomic E-state index is 13.1. The summed E-state index contributed by atoms with van der Waals surface area (Å²) in [6.07, 6.45) is 3.22. The van der Waals surface area contributed by atoms with Crippen LogP contribution in [0.5, 0.6) is 0 Å². The van der Waals surface area contributed by atoms with Gasteiger partial charge in [0.25, 0.3) is 0 Å². The van der Waals surface area contributed by atoms with E-state index < -0.39 is 0 Å². The van der Waals surface area contributed by atoms with Gasteiger partial charge in [-0.25, -0.2) is 8.78 Å². The van der Waals surface area contributed by atoms with Crippen molar-refractivity contribution >= 4 is 0 Å². The van der Waals surface area contributed by atoms with Crippen LogP contribution >= 0.6 is 0 Å². The van der Waals surface area contributed by atoms with E-state index in [1.54, 1.807) is 18.2 Å². The molecule has 0 amide bonds. The van der Waals surface area contributed by atoms with Crippen LogP contribution in [0, 0.1) is 11.6 Å². The number of benzene rings is 2. The molecule has 3 aliphatic rings. The molecule has 116 valence electrons. The highest BCUT2D eigenvalue weighted by atomic mass is 19.1. The fourth-order valence-corrected chi connectivity index (χ4v) is 2.86. The first kappa shape index (κ1) is 15.1. The summed E-state index contributed by atoms with van der Waals surface area (Å²) < 4.78 is 25.9. The van der Waals surface area contributed by atoms with Gasteiger partial charge in [-0.1, -0.05) is 18.2 Å². The summed E-state index contributed by atoms with van der Waals surface area (Å²) in [5.41, 5.74) is 3.17. The second-order valence-electron chi connectivity index (χ2n) is 5.81. The molecule has 0 radical (unpaired) electrons. The average Bonchev–Trinajstić information content (AvgIpc) is 3.12. The van der Waals surface area contributed by atoms with E-state index in [1.807, 2.05) is 11.9 Å².